The van der Waals surface area contributed by atoms with Gasteiger partial charge < -0.3 is 9.84 Å². The summed E-state index contributed by atoms with van der Waals surface area (Å²) in [6, 6.07) is 12.7. The molecule has 0 unspecified atom stereocenters. The first-order valence-electron chi connectivity index (χ1n) is 4.83. The third-order valence-electron chi connectivity index (χ3n) is 2.36. The molecule has 0 aromatic heterocycles. The van der Waals surface area contributed by atoms with Crippen LogP contribution in [0, 0.1) is 0 Å². The van der Waals surface area contributed by atoms with Gasteiger partial charge in [-0.1, -0.05) is 29.8 Å². The highest BCUT2D eigenvalue weighted by Gasteiger charge is 2.03. The number of halogens is 1. The molecule has 0 aliphatic carbocycles. The number of phenols is 1. The van der Waals surface area contributed by atoms with Crippen LogP contribution in [-0.2, 0) is 0 Å². The smallest absolute Gasteiger partial charge is 0.160 e. The van der Waals surface area contributed by atoms with Crippen LogP contribution in [0.4, 0.5) is 0 Å². The summed E-state index contributed by atoms with van der Waals surface area (Å²) in [5.41, 5.74) is 1.93. The molecule has 3 heteroatoms. The minimum absolute atomic E-state index is 0.134. The zero-order valence-corrected chi connectivity index (χ0v) is 9.53. The van der Waals surface area contributed by atoms with Crippen molar-refractivity contribution in [1.82, 2.24) is 0 Å². The molecule has 0 fully saturated rings. The Bertz CT molecular complexity index is 492. The van der Waals surface area contributed by atoms with E-state index in [9.17, 15) is 5.11 Å². The van der Waals surface area contributed by atoms with Crippen LogP contribution in [0.25, 0.3) is 11.1 Å². The summed E-state index contributed by atoms with van der Waals surface area (Å²) in [6.45, 7) is 0. The topological polar surface area (TPSA) is 29.5 Å². The maximum Gasteiger partial charge on any atom is 0.160 e. The average Bonchev–Trinajstić information content (AvgIpc) is 2.30. The lowest BCUT2D eigenvalue weighted by Crippen LogP contribution is -1.84. The molecule has 0 spiro atoms. The first-order chi connectivity index (χ1) is 7.70. The number of phenolic OH excluding ortho intramolecular Hbond substituents is 1. The van der Waals surface area contributed by atoms with Gasteiger partial charge in [-0.3, -0.25) is 0 Å². The van der Waals surface area contributed by atoms with Crippen LogP contribution in [-0.4, -0.2) is 12.2 Å². The standard InChI is InChI=1S/C13H11ClO2/c1-16-13-7-4-10(8-12(13)15)9-2-5-11(14)6-3-9/h2-8,15H,1H3. The van der Waals surface area contributed by atoms with Crippen molar-refractivity contribution >= 4 is 11.6 Å². The van der Waals surface area contributed by atoms with Gasteiger partial charge in [0.1, 0.15) is 0 Å². The summed E-state index contributed by atoms with van der Waals surface area (Å²) < 4.78 is 4.98. The van der Waals surface area contributed by atoms with Crippen molar-refractivity contribution in [3.8, 4) is 22.6 Å². The molecule has 0 bridgehead atoms. The average molecular weight is 235 g/mol. The maximum atomic E-state index is 9.66. The lowest BCUT2D eigenvalue weighted by atomic mass is 10.1. The Hall–Kier alpha value is -1.67. The summed E-state index contributed by atoms with van der Waals surface area (Å²) in [7, 11) is 1.52. The molecule has 0 atom stereocenters. The third-order valence-corrected chi connectivity index (χ3v) is 2.61. The van der Waals surface area contributed by atoms with Gasteiger partial charge in [-0.05, 0) is 35.4 Å². The van der Waals surface area contributed by atoms with Gasteiger partial charge in [0.25, 0.3) is 0 Å². The van der Waals surface area contributed by atoms with E-state index in [0.29, 0.717) is 10.8 Å². The van der Waals surface area contributed by atoms with Gasteiger partial charge in [0.2, 0.25) is 0 Å². The van der Waals surface area contributed by atoms with E-state index in [2.05, 4.69) is 0 Å². The molecular formula is C13H11ClO2. The van der Waals surface area contributed by atoms with Gasteiger partial charge >= 0.3 is 0 Å². The monoisotopic (exact) mass is 234 g/mol. The van der Waals surface area contributed by atoms with Crippen LogP contribution >= 0.6 is 11.6 Å². The van der Waals surface area contributed by atoms with Crippen LogP contribution in [0.2, 0.25) is 5.02 Å². The number of aromatic hydroxyl groups is 1. The van der Waals surface area contributed by atoms with Gasteiger partial charge in [0.15, 0.2) is 11.5 Å². The molecule has 0 aliphatic heterocycles. The SMILES string of the molecule is COc1ccc(-c2ccc(Cl)cc2)cc1O. The Morgan fingerprint density at radius 1 is 1.00 bits per heavy atom. The van der Waals surface area contributed by atoms with Crippen molar-refractivity contribution in [3.05, 3.63) is 47.5 Å². The Kier molecular flexibility index (Phi) is 3.02. The normalized spacial score (nSPS) is 10.1. The van der Waals surface area contributed by atoms with Gasteiger partial charge in [0, 0.05) is 5.02 Å². The molecule has 0 amide bonds. The summed E-state index contributed by atoms with van der Waals surface area (Å²) >= 11 is 5.81. The molecule has 16 heavy (non-hydrogen) atoms. The number of rotatable bonds is 2. The summed E-state index contributed by atoms with van der Waals surface area (Å²) in [5, 5.41) is 10.4. The summed E-state index contributed by atoms with van der Waals surface area (Å²) in [5.74, 6) is 0.604. The van der Waals surface area contributed by atoms with Crippen molar-refractivity contribution in [2.45, 2.75) is 0 Å². The first kappa shape index (κ1) is 10.8. The third kappa shape index (κ3) is 2.12. The van der Waals surface area contributed by atoms with Crippen LogP contribution in [0.5, 0.6) is 11.5 Å². The van der Waals surface area contributed by atoms with Gasteiger partial charge in [0.05, 0.1) is 7.11 Å². The van der Waals surface area contributed by atoms with Crippen molar-refractivity contribution in [3.63, 3.8) is 0 Å². The second-order valence-corrected chi connectivity index (χ2v) is 3.83. The predicted octanol–water partition coefficient (Wildman–Crippen LogP) is 3.72. The van der Waals surface area contributed by atoms with Crippen LogP contribution in [0.3, 0.4) is 0 Å². The van der Waals surface area contributed by atoms with Crippen molar-refractivity contribution in [2.75, 3.05) is 7.11 Å². The van der Waals surface area contributed by atoms with Gasteiger partial charge in [-0.25, -0.2) is 0 Å². The van der Waals surface area contributed by atoms with E-state index in [4.69, 9.17) is 16.3 Å². The molecule has 2 aromatic rings. The Labute approximate surface area is 99.1 Å². The lowest BCUT2D eigenvalue weighted by molar-refractivity contribution is 0.373. The van der Waals surface area contributed by atoms with Gasteiger partial charge in [-0.2, -0.15) is 0 Å². The predicted molar refractivity (Wildman–Crippen MR) is 65.1 cm³/mol. The molecular weight excluding hydrogens is 224 g/mol. The van der Waals surface area contributed by atoms with E-state index >= 15 is 0 Å². The van der Waals surface area contributed by atoms with Crippen LogP contribution in [0.15, 0.2) is 42.5 Å². The largest absolute Gasteiger partial charge is 0.504 e. The molecule has 2 rings (SSSR count). The second kappa shape index (κ2) is 4.45. The number of methoxy groups -OCH3 is 1. The summed E-state index contributed by atoms with van der Waals surface area (Å²) in [4.78, 5) is 0. The second-order valence-electron chi connectivity index (χ2n) is 3.39. The van der Waals surface area contributed by atoms with Crippen LogP contribution in [0.1, 0.15) is 0 Å². The van der Waals surface area contributed by atoms with E-state index in [1.54, 1.807) is 12.1 Å². The fraction of sp³-hybridized carbons (Fsp3) is 0.0769. The molecule has 0 saturated carbocycles. The van der Waals surface area contributed by atoms with Gasteiger partial charge in [-0.15, -0.1) is 0 Å². The maximum absolute atomic E-state index is 9.66. The van der Waals surface area contributed by atoms with Crippen molar-refractivity contribution < 1.29 is 9.84 Å². The minimum atomic E-state index is 0.134. The van der Waals surface area contributed by atoms with Crippen LogP contribution < -0.4 is 4.74 Å². The number of benzene rings is 2. The Balaban J connectivity index is 2.41. The quantitative estimate of drug-likeness (QED) is 0.858. The van der Waals surface area contributed by atoms with E-state index in [1.807, 2.05) is 30.3 Å². The number of hydrogen-bond donors (Lipinski definition) is 1. The number of hydrogen-bond acceptors (Lipinski definition) is 2. The van der Waals surface area contributed by atoms with E-state index < -0.39 is 0 Å². The highest BCUT2D eigenvalue weighted by atomic mass is 35.5. The first-order valence-corrected chi connectivity index (χ1v) is 5.21. The highest BCUT2D eigenvalue weighted by Crippen LogP contribution is 2.31. The van der Waals surface area contributed by atoms with Crippen molar-refractivity contribution in [1.29, 1.82) is 0 Å². The zero-order valence-electron chi connectivity index (χ0n) is 8.77. The van der Waals surface area contributed by atoms with E-state index in [-0.39, 0.29) is 5.75 Å². The zero-order chi connectivity index (χ0) is 11.5. The summed E-state index contributed by atoms with van der Waals surface area (Å²) in [6.07, 6.45) is 0. The minimum Gasteiger partial charge on any atom is -0.504 e. The molecule has 0 aliphatic rings. The molecule has 2 aromatic carbocycles. The molecule has 0 radical (unpaired) electrons. The Morgan fingerprint density at radius 3 is 2.19 bits per heavy atom. The molecule has 0 heterocycles. The molecule has 82 valence electrons. The molecule has 1 N–H and O–H groups in total. The fourth-order valence-electron chi connectivity index (χ4n) is 1.51. The van der Waals surface area contributed by atoms with E-state index in [1.165, 1.54) is 7.11 Å². The molecule has 2 nitrogen and oxygen atoms in total. The molecule has 0 saturated heterocycles. The Morgan fingerprint density at radius 2 is 1.62 bits per heavy atom. The highest BCUT2D eigenvalue weighted by molar-refractivity contribution is 6.30. The van der Waals surface area contributed by atoms with E-state index in [0.717, 1.165) is 11.1 Å². The fourth-order valence-corrected chi connectivity index (χ4v) is 1.64. The lowest BCUT2D eigenvalue weighted by Gasteiger charge is -2.06. The number of ether oxygens (including phenoxy) is 1. The van der Waals surface area contributed by atoms with Crippen molar-refractivity contribution in [2.24, 2.45) is 0 Å².